The summed E-state index contributed by atoms with van der Waals surface area (Å²) in [5.41, 5.74) is 16.5. The summed E-state index contributed by atoms with van der Waals surface area (Å²) in [5.74, 6) is -3.77. The van der Waals surface area contributed by atoms with Crippen molar-refractivity contribution < 1.29 is 29.4 Å². The number of aliphatic imine (C=N–C) groups is 1. The molecule has 12 N–H and O–H groups in total. The van der Waals surface area contributed by atoms with Gasteiger partial charge in [-0.1, -0.05) is 0 Å². The maximum atomic E-state index is 12.9. The van der Waals surface area contributed by atoms with Crippen LogP contribution in [0, 0.1) is 0 Å². The number of amides is 3. The second kappa shape index (κ2) is 13.7. The maximum Gasteiger partial charge on any atom is 0.326 e. The number of nitrogens with two attached hydrogens (primary N) is 3. The number of aromatic nitrogens is 2. The zero-order valence-electron chi connectivity index (χ0n) is 19.0. The number of imidazole rings is 1. The Morgan fingerprint density at radius 1 is 1.09 bits per heavy atom. The number of aliphatic carboxylic acids is 1. The lowest BCUT2D eigenvalue weighted by Crippen LogP contribution is -2.60. The van der Waals surface area contributed by atoms with Crippen molar-refractivity contribution >= 4 is 29.7 Å². The lowest BCUT2D eigenvalue weighted by Gasteiger charge is -2.26. The van der Waals surface area contributed by atoms with Gasteiger partial charge in [0, 0.05) is 24.9 Å². The number of carbonyl (C=O) groups excluding carboxylic acids is 3. The lowest BCUT2D eigenvalue weighted by molar-refractivity contribution is -0.143. The zero-order chi connectivity index (χ0) is 25.8. The quantitative estimate of drug-likeness (QED) is 0.0709. The van der Waals surface area contributed by atoms with Crippen molar-refractivity contribution in [2.75, 3.05) is 6.54 Å². The van der Waals surface area contributed by atoms with Crippen LogP contribution in [0.15, 0.2) is 17.5 Å². The van der Waals surface area contributed by atoms with Gasteiger partial charge in [0.25, 0.3) is 0 Å². The molecule has 3 amide bonds. The second-order valence-electron chi connectivity index (χ2n) is 7.71. The van der Waals surface area contributed by atoms with Gasteiger partial charge in [0.1, 0.15) is 18.1 Å². The van der Waals surface area contributed by atoms with Crippen molar-refractivity contribution in [3.05, 3.63) is 18.2 Å². The number of carboxylic acid groups (broad SMARTS) is 1. The van der Waals surface area contributed by atoms with Crippen LogP contribution in [0.2, 0.25) is 0 Å². The molecule has 0 aliphatic heterocycles. The van der Waals surface area contributed by atoms with Crippen LogP contribution in [0.25, 0.3) is 0 Å². The number of hydrogen-bond acceptors (Lipinski definition) is 8. The molecule has 0 fully saturated rings. The number of aromatic amines is 1. The maximum absolute atomic E-state index is 12.9. The van der Waals surface area contributed by atoms with Crippen molar-refractivity contribution in [2.45, 2.75) is 63.4 Å². The van der Waals surface area contributed by atoms with Gasteiger partial charge in [-0.2, -0.15) is 0 Å². The van der Waals surface area contributed by atoms with E-state index in [9.17, 15) is 29.4 Å². The first-order chi connectivity index (χ1) is 15.9. The van der Waals surface area contributed by atoms with Crippen molar-refractivity contribution in [1.29, 1.82) is 0 Å². The molecule has 190 valence electrons. The molecule has 15 heteroatoms. The molecule has 1 aromatic heterocycles. The Kier molecular flexibility index (Phi) is 11.4. The summed E-state index contributed by atoms with van der Waals surface area (Å²) in [6.07, 6.45) is 1.74. The molecule has 1 rings (SSSR count). The molecule has 5 unspecified atom stereocenters. The number of rotatable bonds is 14. The van der Waals surface area contributed by atoms with Crippen LogP contribution in [-0.4, -0.2) is 86.6 Å². The van der Waals surface area contributed by atoms with E-state index in [1.165, 1.54) is 26.4 Å². The molecule has 1 aromatic rings. The Bertz CT molecular complexity index is 852. The minimum absolute atomic E-state index is 0.000977. The average Bonchev–Trinajstić information content (AvgIpc) is 3.25. The van der Waals surface area contributed by atoms with Crippen LogP contribution in [0.5, 0.6) is 0 Å². The molecule has 0 saturated heterocycles. The van der Waals surface area contributed by atoms with E-state index in [1.54, 1.807) is 0 Å². The first-order valence-corrected chi connectivity index (χ1v) is 10.5. The van der Waals surface area contributed by atoms with E-state index >= 15 is 0 Å². The first kappa shape index (κ1) is 28.3. The number of nitrogens with zero attached hydrogens (tertiary/aromatic N) is 2. The molecule has 15 nitrogen and oxygen atoms in total. The Hall–Kier alpha value is -3.72. The summed E-state index contributed by atoms with van der Waals surface area (Å²) in [5, 5.41) is 26.6. The predicted molar refractivity (Wildman–Crippen MR) is 121 cm³/mol. The van der Waals surface area contributed by atoms with Gasteiger partial charge in [-0.05, 0) is 26.7 Å². The molecule has 0 aliphatic rings. The van der Waals surface area contributed by atoms with Gasteiger partial charge in [-0.15, -0.1) is 0 Å². The van der Waals surface area contributed by atoms with Crippen molar-refractivity contribution in [1.82, 2.24) is 25.9 Å². The molecule has 0 radical (unpaired) electrons. The van der Waals surface area contributed by atoms with Crippen LogP contribution in [0.1, 0.15) is 32.4 Å². The molecular formula is C19H33N9O6. The SMILES string of the molecule is CC(N)C(=O)NC(Cc1cnc[nH]1)C(=O)NC(C(=O)NC(CCCN=C(N)N)C(=O)O)C(C)O. The highest BCUT2D eigenvalue weighted by atomic mass is 16.4. The number of hydrogen-bond donors (Lipinski definition) is 9. The molecule has 0 bridgehead atoms. The molecule has 1 heterocycles. The smallest absolute Gasteiger partial charge is 0.326 e. The van der Waals surface area contributed by atoms with Crippen molar-refractivity contribution in [3.63, 3.8) is 0 Å². The van der Waals surface area contributed by atoms with Gasteiger partial charge in [0.05, 0.1) is 18.5 Å². The summed E-state index contributed by atoms with van der Waals surface area (Å²) in [7, 11) is 0. The Morgan fingerprint density at radius 3 is 2.24 bits per heavy atom. The van der Waals surface area contributed by atoms with Gasteiger partial charge < -0.3 is 48.3 Å². The largest absolute Gasteiger partial charge is 0.480 e. The number of guanidine groups is 1. The van der Waals surface area contributed by atoms with Gasteiger partial charge in [-0.3, -0.25) is 19.4 Å². The molecule has 0 saturated carbocycles. The number of carboxylic acids is 1. The van der Waals surface area contributed by atoms with Crippen LogP contribution in [0.4, 0.5) is 0 Å². The molecule has 5 atom stereocenters. The van der Waals surface area contributed by atoms with Gasteiger partial charge in [0.2, 0.25) is 17.7 Å². The monoisotopic (exact) mass is 483 g/mol. The van der Waals surface area contributed by atoms with Gasteiger partial charge >= 0.3 is 5.97 Å². The van der Waals surface area contributed by atoms with Crippen LogP contribution >= 0.6 is 0 Å². The normalized spacial score (nSPS) is 15.2. The standard InChI is InChI=1S/C19H33N9O6/c1-9(20)15(30)27-13(6-11-7-23-8-25-11)16(31)28-14(10(2)29)17(32)26-12(18(33)34)4-3-5-24-19(21)22/h7-10,12-14,29H,3-6,20H2,1-2H3,(H,23,25)(H,26,32)(H,27,30)(H,28,31)(H,33,34)(H4,21,22,24). The van der Waals surface area contributed by atoms with E-state index in [-0.39, 0.29) is 31.8 Å². The summed E-state index contributed by atoms with van der Waals surface area (Å²) in [4.78, 5) is 59.6. The third-order valence-electron chi connectivity index (χ3n) is 4.65. The third kappa shape index (κ3) is 9.83. The zero-order valence-corrected chi connectivity index (χ0v) is 19.0. The Labute approximate surface area is 195 Å². The minimum Gasteiger partial charge on any atom is -0.480 e. The molecule has 34 heavy (non-hydrogen) atoms. The summed E-state index contributed by atoms with van der Waals surface area (Å²) in [6.45, 7) is 2.85. The highest BCUT2D eigenvalue weighted by molar-refractivity contribution is 5.94. The van der Waals surface area contributed by atoms with E-state index in [2.05, 4.69) is 30.9 Å². The Morgan fingerprint density at radius 2 is 1.74 bits per heavy atom. The molecule has 0 aliphatic carbocycles. The lowest BCUT2D eigenvalue weighted by atomic mass is 10.1. The number of aliphatic hydroxyl groups excluding tert-OH is 1. The van der Waals surface area contributed by atoms with Gasteiger partial charge in [0.15, 0.2) is 5.96 Å². The fourth-order valence-electron chi connectivity index (χ4n) is 2.81. The highest BCUT2D eigenvalue weighted by Crippen LogP contribution is 2.04. The number of nitrogens with one attached hydrogen (secondary N) is 4. The van der Waals surface area contributed by atoms with E-state index in [0.717, 1.165) is 0 Å². The predicted octanol–water partition coefficient (Wildman–Crippen LogP) is -3.73. The number of carbonyl (C=O) groups is 4. The average molecular weight is 484 g/mol. The Balaban J connectivity index is 2.91. The topological polar surface area (TPSA) is 264 Å². The van der Waals surface area contributed by atoms with Gasteiger partial charge in [-0.25, -0.2) is 9.78 Å². The molecule has 0 aromatic carbocycles. The van der Waals surface area contributed by atoms with E-state index < -0.39 is 54.0 Å². The number of H-pyrrole nitrogens is 1. The van der Waals surface area contributed by atoms with Crippen LogP contribution in [0.3, 0.4) is 0 Å². The summed E-state index contributed by atoms with van der Waals surface area (Å²) < 4.78 is 0. The van der Waals surface area contributed by atoms with Crippen molar-refractivity contribution in [3.8, 4) is 0 Å². The van der Waals surface area contributed by atoms with E-state index in [4.69, 9.17) is 17.2 Å². The van der Waals surface area contributed by atoms with E-state index in [1.807, 2.05) is 0 Å². The van der Waals surface area contributed by atoms with Crippen LogP contribution in [-0.2, 0) is 25.6 Å². The number of aliphatic hydroxyl groups is 1. The second-order valence-corrected chi connectivity index (χ2v) is 7.71. The van der Waals surface area contributed by atoms with Crippen LogP contribution < -0.4 is 33.2 Å². The summed E-state index contributed by atoms with van der Waals surface area (Å²) in [6, 6.07) is -4.85. The van der Waals surface area contributed by atoms with Crippen molar-refractivity contribution in [2.24, 2.45) is 22.2 Å². The highest BCUT2D eigenvalue weighted by Gasteiger charge is 2.32. The first-order valence-electron chi connectivity index (χ1n) is 10.5. The fourth-order valence-corrected chi connectivity index (χ4v) is 2.81. The molecule has 0 spiro atoms. The summed E-state index contributed by atoms with van der Waals surface area (Å²) >= 11 is 0. The molecular weight excluding hydrogens is 450 g/mol. The third-order valence-corrected chi connectivity index (χ3v) is 4.65. The fraction of sp³-hybridized carbons (Fsp3) is 0.579. The minimum atomic E-state index is -1.50. The van der Waals surface area contributed by atoms with E-state index in [0.29, 0.717) is 5.69 Å².